The van der Waals surface area contributed by atoms with Crippen molar-refractivity contribution in [3.63, 3.8) is 0 Å². The highest BCUT2D eigenvalue weighted by atomic mass is 16.3. The van der Waals surface area contributed by atoms with E-state index in [0.717, 1.165) is 12.1 Å². The first kappa shape index (κ1) is 12.6. The molecule has 1 spiro atoms. The number of fused-ring (bicyclic) bond motifs is 2. The van der Waals surface area contributed by atoms with Crippen LogP contribution in [0.5, 0.6) is 5.75 Å². The van der Waals surface area contributed by atoms with Crippen LogP contribution in [0.3, 0.4) is 0 Å². The quantitative estimate of drug-likeness (QED) is 0.805. The molecule has 0 aromatic heterocycles. The number of para-hydroxylation sites is 1. The Kier molecular flexibility index (Phi) is 2.85. The second-order valence-electron chi connectivity index (χ2n) is 6.32. The molecule has 1 aliphatic carbocycles. The van der Waals surface area contributed by atoms with Crippen LogP contribution in [0, 0.1) is 0 Å². The summed E-state index contributed by atoms with van der Waals surface area (Å²) in [4.78, 5) is 4.65. The van der Waals surface area contributed by atoms with Crippen molar-refractivity contribution in [2.45, 2.75) is 37.0 Å². The molecule has 2 aromatic carbocycles. The van der Waals surface area contributed by atoms with Crippen LogP contribution < -0.4 is 0 Å². The van der Waals surface area contributed by atoms with Crippen molar-refractivity contribution < 1.29 is 5.11 Å². The van der Waals surface area contributed by atoms with Crippen LogP contribution in [0.15, 0.2) is 53.5 Å². The van der Waals surface area contributed by atoms with Crippen molar-refractivity contribution in [3.8, 4) is 5.75 Å². The van der Waals surface area contributed by atoms with E-state index in [4.69, 9.17) is 0 Å². The summed E-state index contributed by atoms with van der Waals surface area (Å²) in [5.41, 5.74) is 3.88. The van der Waals surface area contributed by atoms with Gasteiger partial charge in [-0.15, -0.1) is 0 Å². The maximum Gasteiger partial charge on any atom is 0.115 e. The fourth-order valence-corrected chi connectivity index (χ4v) is 4.00. The van der Waals surface area contributed by atoms with Crippen molar-refractivity contribution in [1.82, 2.24) is 0 Å². The third-order valence-corrected chi connectivity index (χ3v) is 5.02. The molecule has 0 bridgehead atoms. The number of hydrogen-bond donors (Lipinski definition) is 1. The lowest BCUT2D eigenvalue weighted by molar-refractivity contribution is 0.348. The van der Waals surface area contributed by atoms with Gasteiger partial charge in [-0.2, -0.15) is 0 Å². The van der Waals surface area contributed by atoms with Gasteiger partial charge in [0.15, 0.2) is 0 Å². The molecule has 1 aliphatic heterocycles. The van der Waals surface area contributed by atoms with Crippen molar-refractivity contribution >= 4 is 11.9 Å². The second kappa shape index (κ2) is 4.73. The van der Waals surface area contributed by atoms with E-state index in [1.54, 1.807) is 6.07 Å². The molecule has 2 heteroatoms. The van der Waals surface area contributed by atoms with E-state index >= 15 is 0 Å². The number of aromatic hydroxyl groups is 1. The van der Waals surface area contributed by atoms with Crippen LogP contribution in [-0.4, -0.2) is 11.3 Å². The minimum Gasteiger partial charge on any atom is -0.508 e. The minimum absolute atomic E-state index is 0.102. The SMILES string of the molecule is Oc1cccc(C2CCCC3(C=Nc4ccccc43)C2)c1. The maximum atomic E-state index is 9.73. The van der Waals surface area contributed by atoms with Gasteiger partial charge in [0.25, 0.3) is 0 Å². The maximum absolute atomic E-state index is 9.73. The van der Waals surface area contributed by atoms with Crippen LogP contribution in [0.1, 0.15) is 42.7 Å². The Morgan fingerprint density at radius 2 is 2.00 bits per heavy atom. The Morgan fingerprint density at radius 1 is 1.10 bits per heavy atom. The third-order valence-electron chi connectivity index (χ3n) is 5.02. The standard InChI is InChI=1S/C19H19NO/c21-16-7-3-5-14(11-16)15-6-4-10-19(12-15)13-20-18-9-2-1-8-17(18)19/h1-3,5,7-9,11,13,15,21H,4,6,10,12H2. The smallest absolute Gasteiger partial charge is 0.115 e. The zero-order chi connectivity index (χ0) is 14.3. The van der Waals surface area contributed by atoms with Crippen LogP contribution in [0.25, 0.3) is 0 Å². The first-order chi connectivity index (χ1) is 10.3. The van der Waals surface area contributed by atoms with Gasteiger partial charge in [-0.3, -0.25) is 4.99 Å². The number of hydrogen-bond acceptors (Lipinski definition) is 2. The number of aliphatic imine (C=N–C) groups is 1. The Hall–Kier alpha value is -2.09. The molecular weight excluding hydrogens is 258 g/mol. The van der Waals surface area contributed by atoms with Gasteiger partial charge in [-0.25, -0.2) is 0 Å². The van der Waals surface area contributed by atoms with Crippen LogP contribution in [0.2, 0.25) is 0 Å². The molecule has 0 saturated heterocycles. The summed E-state index contributed by atoms with van der Waals surface area (Å²) in [6.07, 6.45) is 6.86. The summed E-state index contributed by atoms with van der Waals surface area (Å²) in [6, 6.07) is 16.3. The Labute approximate surface area is 125 Å². The van der Waals surface area contributed by atoms with Crippen LogP contribution >= 0.6 is 0 Å². The molecular formula is C19H19NO. The molecule has 4 rings (SSSR count). The monoisotopic (exact) mass is 277 g/mol. The van der Waals surface area contributed by atoms with Gasteiger partial charge < -0.3 is 5.11 Å². The zero-order valence-corrected chi connectivity index (χ0v) is 12.0. The molecule has 1 N–H and O–H groups in total. The second-order valence-corrected chi connectivity index (χ2v) is 6.32. The summed E-state index contributed by atoms with van der Waals surface area (Å²) >= 11 is 0. The van der Waals surface area contributed by atoms with Crippen molar-refractivity contribution in [2.24, 2.45) is 4.99 Å². The van der Waals surface area contributed by atoms with Gasteiger partial charge >= 0.3 is 0 Å². The van der Waals surface area contributed by atoms with E-state index in [1.807, 2.05) is 12.1 Å². The van der Waals surface area contributed by atoms with Crippen LogP contribution in [-0.2, 0) is 5.41 Å². The van der Waals surface area contributed by atoms with Crippen molar-refractivity contribution in [2.75, 3.05) is 0 Å². The van der Waals surface area contributed by atoms with E-state index in [1.165, 1.54) is 30.4 Å². The molecule has 21 heavy (non-hydrogen) atoms. The van der Waals surface area contributed by atoms with Gasteiger partial charge in [0.05, 0.1) is 5.69 Å². The molecule has 2 unspecified atom stereocenters. The third kappa shape index (κ3) is 2.06. The summed E-state index contributed by atoms with van der Waals surface area (Å²) in [7, 11) is 0. The van der Waals surface area contributed by atoms with E-state index in [-0.39, 0.29) is 5.41 Å². The number of phenols is 1. The molecule has 1 heterocycles. The van der Waals surface area contributed by atoms with E-state index in [0.29, 0.717) is 11.7 Å². The lowest BCUT2D eigenvalue weighted by Crippen LogP contribution is -2.31. The summed E-state index contributed by atoms with van der Waals surface area (Å²) < 4.78 is 0. The average molecular weight is 277 g/mol. The Morgan fingerprint density at radius 3 is 2.90 bits per heavy atom. The fraction of sp³-hybridized carbons (Fsp3) is 0.316. The lowest BCUT2D eigenvalue weighted by Gasteiger charge is -2.37. The van der Waals surface area contributed by atoms with Crippen LogP contribution in [0.4, 0.5) is 5.69 Å². The van der Waals surface area contributed by atoms with Crippen molar-refractivity contribution in [3.05, 3.63) is 59.7 Å². The number of rotatable bonds is 1. The highest BCUT2D eigenvalue weighted by Gasteiger charge is 2.40. The molecule has 2 aliphatic rings. The highest BCUT2D eigenvalue weighted by Crippen LogP contribution is 2.50. The molecule has 106 valence electrons. The minimum atomic E-state index is 0.102. The predicted octanol–water partition coefficient (Wildman–Crippen LogP) is 4.70. The molecule has 0 radical (unpaired) electrons. The van der Waals surface area contributed by atoms with E-state index in [9.17, 15) is 5.11 Å². The zero-order valence-electron chi connectivity index (χ0n) is 12.0. The Bertz CT molecular complexity index is 706. The molecule has 1 saturated carbocycles. The normalized spacial score (nSPS) is 27.0. The first-order valence-electron chi connectivity index (χ1n) is 7.71. The highest BCUT2D eigenvalue weighted by molar-refractivity contribution is 5.85. The fourth-order valence-electron chi connectivity index (χ4n) is 4.00. The van der Waals surface area contributed by atoms with Gasteiger partial charge in [0.2, 0.25) is 0 Å². The van der Waals surface area contributed by atoms with Crippen molar-refractivity contribution in [1.29, 1.82) is 0 Å². The number of benzene rings is 2. The average Bonchev–Trinajstić information content (AvgIpc) is 2.86. The molecule has 0 amide bonds. The van der Waals surface area contributed by atoms with Gasteiger partial charge in [-0.05, 0) is 54.5 Å². The van der Waals surface area contributed by atoms with Gasteiger partial charge in [0, 0.05) is 11.6 Å². The van der Waals surface area contributed by atoms with Gasteiger partial charge in [-0.1, -0.05) is 36.8 Å². The first-order valence-corrected chi connectivity index (χ1v) is 7.71. The topological polar surface area (TPSA) is 32.6 Å². The summed E-state index contributed by atoms with van der Waals surface area (Å²) in [6.45, 7) is 0. The molecule has 2 aromatic rings. The molecule has 2 atom stereocenters. The predicted molar refractivity (Wildman–Crippen MR) is 85.6 cm³/mol. The van der Waals surface area contributed by atoms with E-state index in [2.05, 4.69) is 41.5 Å². The lowest BCUT2D eigenvalue weighted by atomic mass is 9.66. The van der Waals surface area contributed by atoms with E-state index < -0.39 is 0 Å². The van der Waals surface area contributed by atoms with Gasteiger partial charge in [0.1, 0.15) is 5.75 Å². The summed E-state index contributed by atoms with van der Waals surface area (Å²) in [5.74, 6) is 0.871. The Balaban J connectivity index is 1.69. The molecule has 2 nitrogen and oxygen atoms in total. The largest absolute Gasteiger partial charge is 0.508 e. The molecule has 1 fully saturated rings. The number of nitrogens with zero attached hydrogens (tertiary/aromatic N) is 1. The number of phenolic OH excluding ortho intramolecular Hbond substituents is 1. The summed E-state index contributed by atoms with van der Waals surface area (Å²) in [5, 5.41) is 9.73.